The molecule has 2 aromatic carbocycles. The number of rotatable bonds is 5. The molecule has 0 unspecified atom stereocenters. The lowest BCUT2D eigenvalue weighted by molar-refractivity contribution is -0.117. The van der Waals surface area contributed by atoms with Gasteiger partial charge in [0.2, 0.25) is 11.8 Å². The molecule has 0 bridgehead atoms. The lowest BCUT2D eigenvalue weighted by atomic mass is 10.2. The van der Waals surface area contributed by atoms with Crippen LogP contribution in [0.3, 0.4) is 0 Å². The van der Waals surface area contributed by atoms with E-state index in [0.717, 1.165) is 10.1 Å². The summed E-state index contributed by atoms with van der Waals surface area (Å²) in [5.41, 5.74) is 0.150. The third-order valence-corrected chi connectivity index (χ3v) is 4.44. The third kappa shape index (κ3) is 4.25. The van der Waals surface area contributed by atoms with Crippen molar-refractivity contribution in [1.82, 2.24) is 14.8 Å². The molecule has 2 aromatic heterocycles. The largest absolute Gasteiger partial charge is 0.437 e. The van der Waals surface area contributed by atoms with Crippen molar-refractivity contribution in [1.29, 1.82) is 0 Å². The monoisotopic (exact) mass is 406 g/mol. The summed E-state index contributed by atoms with van der Waals surface area (Å²) in [5.74, 6) is 0.332. The zero-order chi connectivity index (χ0) is 20.2. The molecule has 8 heteroatoms. The van der Waals surface area contributed by atoms with Gasteiger partial charge in [0.25, 0.3) is 5.56 Å². The Morgan fingerprint density at radius 2 is 1.90 bits per heavy atom. The van der Waals surface area contributed by atoms with E-state index in [4.69, 9.17) is 16.3 Å². The van der Waals surface area contributed by atoms with Crippen LogP contribution < -0.4 is 15.6 Å². The summed E-state index contributed by atoms with van der Waals surface area (Å²) in [6.45, 7) is -0.216. The van der Waals surface area contributed by atoms with E-state index in [1.54, 1.807) is 60.8 Å². The highest BCUT2D eigenvalue weighted by Crippen LogP contribution is 2.28. The molecule has 1 amide bonds. The SMILES string of the molecule is O=C(Cn1ncc2ccccc2c1=O)Nc1ccnc(Oc2ccccc2Cl)c1. The lowest BCUT2D eigenvalue weighted by Gasteiger charge is -2.10. The molecular weight excluding hydrogens is 392 g/mol. The van der Waals surface area contributed by atoms with Crippen LogP contribution in [0.1, 0.15) is 0 Å². The predicted octanol–water partition coefficient (Wildman–Crippen LogP) is 3.88. The van der Waals surface area contributed by atoms with E-state index in [9.17, 15) is 9.59 Å². The van der Waals surface area contributed by atoms with Gasteiger partial charge >= 0.3 is 0 Å². The minimum absolute atomic E-state index is 0.216. The van der Waals surface area contributed by atoms with Gasteiger partial charge in [-0.05, 0) is 24.3 Å². The Balaban J connectivity index is 1.48. The van der Waals surface area contributed by atoms with Gasteiger partial charge in [-0.25, -0.2) is 9.67 Å². The number of nitrogens with zero attached hydrogens (tertiary/aromatic N) is 3. The second-order valence-electron chi connectivity index (χ2n) is 6.16. The van der Waals surface area contributed by atoms with Gasteiger partial charge in [-0.2, -0.15) is 5.10 Å². The van der Waals surface area contributed by atoms with Crippen molar-refractivity contribution in [2.24, 2.45) is 0 Å². The molecule has 7 nitrogen and oxygen atoms in total. The zero-order valence-electron chi connectivity index (χ0n) is 15.1. The van der Waals surface area contributed by atoms with Gasteiger partial charge in [-0.1, -0.05) is 41.9 Å². The van der Waals surface area contributed by atoms with E-state index in [1.165, 1.54) is 6.20 Å². The van der Waals surface area contributed by atoms with Crippen LogP contribution in [0.15, 0.2) is 77.9 Å². The Bertz CT molecular complexity index is 1260. The average Bonchev–Trinajstić information content (AvgIpc) is 2.72. The number of para-hydroxylation sites is 1. The van der Waals surface area contributed by atoms with E-state index in [-0.39, 0.29) is 18.0 Å². The second kappa shape index (κ2) is 8.12. The van der Waals surface area contributed by atoms with Gasteiger partial charge in [0, 0.05) is 23.3 Å². The van der Waals surface area contributed by atoms with E-state index in [2.05, 4.69) is 15.4 Å². The lowest BCUT2D eigenvalue weighted by Crippen LogP contribution is -2.29. The first-order valence-corrected chi connectivity index (χ1v) is 9.11. The average molecular weight is 407 g/mol. The Morgan fingerprint density at radius 3 is 2.76 bits per heavy atom. The molecule has 0 aliphatic carbocycles. The van der Waals surface area contributed by atoms with Gasteiger partial charge < -0.3 is 10.1 Å². The number of carbonyl (C=O) groups is 1. The number of pyridine rings is 1. The molecule has 0 saturated heterocycles. The molecule has 29 heavy (non-hydrogen) atoms. The van der Waals surface area contributed by atoms with Crippen LogP contribution in [0.25, 0.3) is 10.8 Å². The minimum Gasteiger partial charge on any atom is -0.437 e. The number of fused-ring (bicyclic) bond motifs is 1. The maximum atomic E-state index is 12.5. The summed E-state index contributed by atoms with van der Waals surface area (Å²) in [5, 5.41) is 8.46. The summed E-state index contributed by atoms with van der Waals surface area (Å²) >= 11 is 6.08. The molecule has 2 heterocycles. The summed E-state index contributed by atoms with van der Waals surface area (Å²) in [7, 11) is 0. The number of hydrogen-bond donors (Lipinski definition) is 1. The van der Waals surface area contributed by atoms with Crippen molar-refractivity contribution in [3.63, 3.8) is 0 Å². The van der Waals surface area contributed by atoms with E-state index in [0.29, 0.717) is 21.8 Å². The first kappa shape index (κ1) is 18.6. The van der Waals surface area contributed by atoms with Crippen molar-refractivity contribution < 1.29 is 9.53 Å². The topological polar surface area (TPSA) is 86.1 Å². The minimum atomic E-state index is -0.398. The highest BCUT2D eigenvalue weighted by Gasteiger charge is 2.10. The van der Waals surface area contributed by atoms with Gasteiger partial charge in [-0.15, -0.1) is 0 Å². The van der Waals surface area contributed by atoms with Crippen molar-refractivity contribution >= 4 is 34.0 Å². The van der Waals surface area contributed by atoms with Crippen molar-refractivity contribution in [3.05, 3.63) is 88.4 Å². The molecule has 0 spiro atoms. The van der Waals surface area contributed by atoms with Crippen LogP contribution in [0.5, 0.6) is 11.6 Å². The standard InChI is InChI=1S/C21H15ClN4O3/c22-17-7-3-4-8-18(17)29-20-11-15(9-10-23-20)25-19(27)13-26-21(28)16-6-2-1-5-14(16)12-24-26/h1-12H,13H2,(H,23,25,27). The quantitative estimate of drug-likeness (QED) is 0.543. The van der Waals surface area contributed by atoms with E-state index in [1.807, 2.05) is 6.07 Å². The Hall–Kier alpha value is -3.71. The molecule has 4 aromatic rings. The molecule has 0 atom stereocenters. The molecule has 1 N–H and O–H groups in total. The summed E-state index contributed by atoms with van der Waals surface area (Å²) in [6, 6.07) is 17.3. The Kier molecular flexibility index (Phi) is 5.22. The van der Waals surface area contributed by atoms with Crippen LogP contribution in [0.4, 0.5) is 5.69 Å². The van der Waals surface area contributed by atoms with Gasteiger partial charge in [0.1, 0.15) is 12.3 Å². The van der Waals surface area contributed by atoms with Crippen molar-refractivity contribution in [2.45, 2.75) is 6.54 Å². The number of nitrogens with one attached hydrogen (secondary N) is 1. The summed E-state index contributed by atoms with van der Waals surface area (Å²) in [4.78, 5) is 29.0. The van der Waals surface area contributed by atoms with Crippen molar-refractivity contribution in [3.8, 4) is 11.6 Å². The molecular formula is C21H15ClN4O3. The fourth-order valence-electron chi connectivity index (χ4n) is 2.76. The highest BCUT2D eigenvalue weighted by atomic mass is 35.5. The van der Waals surface area contributed by atoms with Gasteiger partial charge in [0.15, 0.2) is 0 Å². The summed E-state index contributed by atoms with van der Waals surface area (Å²) in [6.07, 6.45) is 3.06. The number of carbonyl (C=O) groups excluding carboxylic acids is 1. The highest BCUT2D eigenvalue weighted by molar-refractivity contribution is 6.32. The van der Waals surface area contributed by atoms with Crippen LogP contribution in [-0.2, 0) is 11.3 Å². The number of halogens is 1. The second-order valence-corrected chi connectivity index (χ2v) is 6.57. The number of aromatic nitrogens is 3. The predicted molar refractivity (Wildman–Crippen MR) is 110 cm³/mol. The van der Waals surface area contributed by atoms with Crippen LogP contribution in [-0.4, -0.2) is 20.7 Å². The molecule has 0 aliphatic rings. The first-order chi connectivity index (χ1) is 14.1. The smallest absolute Gasteiger partial charge is 0.275 e. The van der Waals surface area contributed by atoms with Gasteiger partial charge in [0.05, 0.1) is 16.6 Å². The Morgan fingerprint density at radius 1 is 1.10 bits per heavy atom. The van der Waals surface area contributed by atoms with Gasteiger partial charge in [-0.3, -0.25) is 9.59 Å². The molecule has 4 rings (SSSR count). The summed E-state index contributed by atoms with van der Waals surface area (Å²) < 4.78 is 6.78. The normalized spacial score (nSPS) is 10.7. The fourth-order valence-corrected chi connectivity index (χ4v) is 2.93. The molecule has 0 radical (unpaired) electrons. The molecule has 144 valence electrons. The molecule has 0 aliphatic heterocycles. The van der Waals surface area contributed by atoms with Crippen molar-refractivity contribution in [2.75, 3.05) is 5.32 Å². The van der Waals surface area contributed by atoms with Crippen LogP contribution in [0, 0.1) is 0 Å². The number of anilines is 1. The number of ether oxygens (including phenoxy) is 1. The third-order valence-electron chi connectivity index (χ3n) is 4.12. The zero-order valence-corrected chi connectivity index (χ0v) is 15.8. The number of benzene rings is 2. The van der Waals surface area contributed by atoms with Crippen LogP contribution in [0.2, 0.25) is 5.02 Å². The maximum Gasteiger partial charge on any atom is 0.275 e. The maximum absolute atomic E-state index is 12.5. The van der Waals surface area contributed by atoms with E-state index < -0.39 is 5.91 Å². The van der Waals surface area contributed by atoms with Crippen LogP contribution >= 0.6 is 11.6 Å². The molecule has 0 fully saturated rings. The fraction of sp³-hybridized carbons (Fsp3) is 0.0476. The molecule has 0 saturated carbocycles. The van der Waals surface area contributed by atoms with E-state index >= 15 is 0 Å². The number of amides is 1. The Labute approximate surface area is 170 Å². The first-order valence-electron chi connectivity index (χ1n) is 8.73. The number of hydrogen-bond acceptors (Lipinski definition) is 5.